The average molecular weight is 305 g/mol. The van der Waals surface area contributed by atoms with Gasteiger partial charge in [0.25, 0.3) is 0 Å². The first kappa shape index (κ1) is 16.3. The average Bonchev–Trinajstić information content (AvgIpc) is 2.92. The highest BCUT2D eigenvalue weighted by atomic mass is 16.5. The van der Waals surface area contributed by atoms with Crippen LogP contribution in [0.5, 0.6) is 5.75 Å². The Hall–Kier alpha value is -2.04. The molecule has 1 aliphatic rings. The lowest BCUT2D eigenvalue weighted by Crippen LogP contribution is -2.34. The summed E-state index contributed by atoms with van der Waals surface area (Å²) in [6.07, 6.45) is 2.60. The van der Waals surface area contributed by atoms with Crippen LogP contribution in [0.4, 0.5) is 0 Å². The fourth-order valence-electron chi connectivity index (χ4n) is 2.74. The molecule has 1 aromatic rings. The quantitative estimate of drug-likeness (QED) is 0.876. The van der Waals surface area contributed by atoms with E-state index in [0.717, 1.165) is 18.6 Å². The Bertz CT molecular complexity index is 540. The number of aliphatic carboxylic acids is 1. The molecule has 0 aliphatic carbocycles. The summed E-state index contributed by atoms with van der Waals surface area (Å²) in [6, 6.07) is 7.83. The number of carbonyl (C=O) groups excluding carboxylic acids is 1. The van der Waals surface area contributed by atoms with E-state index in [4.69, 9.17) is 4.74 Å². The van der Waals surface area contributed by atoms with Gasteiger partial charge < -0.3 is 14.7 Å². The minimum Gasteiger partial charge on any atom is -0.497 e. The zero-order valence-corrected chi connectivity index (χ0v) is 13.2. The molecule has 0 saturated carbocycles. The van der Waals surface area contributed by atoms with Gasteiger partial charge in [-0.3, -0.25) is 9.59 Å². The van der Waals surface area contributed by atoms with Crippen LogP contribution < -0.4 is 4.74 Å². The van der Waals surface area contributed by atoms with Crippen molar-refractivity contribution in [3.05, 3.63) is 29.8 Å². The summed E-state index contributed by atoms with van der Waals surface area (Å²) in [6.45, 7) is 2.58. The number of amides is 1. The maximum Gasteiger partial charge on any atom is 0.311 e. The highest BCUT2D eigenvalue weighted by molar-refractivity contribution is 5.80. The van der Waals surface area contributed by atoms with Crippen LogP contribution in [-0.4, -0.2) is 42.1 Å². The lowest BCUT2D eigenvalue weighted by atomic mass is 9.90. The van der Waals surface area contributed by atoms with E-state index in [0.29, 0.717) is 25.9 Å². The molecule has 0 radical (unpaired) electrons. The molecule has 120 valence electrons. The Morgan fingerprint density at radius 3 is 2.55 bits per heavy atom. The molecule has 0 unspecified atom stereocenters. The molecular formula is C17H23NO4. The summed E-state index contributed by atoms with van der Waals surface area (Å²) in [5.74, 6) is 0.0596. The number of carbonyl (C=O) groups is 2. The van der Waals surface area contributed by atoms with Crippen molar-refractivity contribution in [2.24, 2.45) is 5.41 Å². The Kier molecular flexibility index (Phi) is 5.06. The number of hydrogen-bond acceptors (Lipinski definition) is 3. The van der Waals surface area contributed by atoms with Gasteiger partial charge in [-0.05, 0) is 43.9 Å². The molecule has 1 aliphatic heterocycles. The van der Waals surface area contributed by atoms with E-state index in [2.05, 4.69) is 0 Å². The van der Waals surface area contributed by atoms with Crippen LogP contribution in [0.15, 0.2) is 24.3 Å². The number of rotatable bonds is 6. The zero-order chi connectivity index (χ0) is 16.2. The van der Waals surface area contributed by atoms with Gasteiger partial charge in [0, 0.05) is 19.5 Å². The molecule has 1 atom stereocenters. The minimum atomic E-state index is -0.818. The molecule has 0 bridgehead atoms. The van der Waals surface area contributed by atoms with E-state index in [-0.39, 0.29) is 5.91 Å². The highest BCUT2D eigenvalue weighted by Gasteiger charge is 2.41. The lowest BCUT2D eigenvalue weighted by molar-refractivity contribution is -0.147. The minimum absolute atomic E-state index is 0.0542. The number of likely N-dealkylation sites (tertiary alicyclic amines) is 1. The van der Waals surface area contributed by atoms with Gasteiger partial charge in [0.2, 0.25) is 5.91 Å². The molecule has 22 heavy (non-hydrogen) atoms. The summed E-state index contributed by atoms with van der Waals surface area (Å²) < 4.78 is 5.11. The predicted molar refractivity (Wildman–Crippen MR) is 82.9 cm³/mol. The van der Waals surface area contributed by atoms with E-state index in [1.54, 1.807) is 18.9 Å². The number of aryl methyl sites for hydroxylation is 1. The molecule has 1 saturated heterocycles. The third-order valence-corrected chi connectivity index (χ3v) is 4.36. The van der Waals surface area contributed by atoms with Crippen molar-refractivity contribution >= 4 is 11.9 Å². The first-order valence-corrected chi connectivity index (χ1v) is 7.59. The predicted octanol–water partition coefficient (Wildman–Crippen LogP) is 2.34. The van der Waals surface area contributed by atoms with E-state index in [1.165, 1.54) is 5.56 Å². The number of hydrogen-bond donors (Lipinski definition) is 1. The molecule has 0 aromatic heterocycles. The van der Waals surface area contributed by atoms with E-state index < -0.39 is 11.4 Å². The van der Waals surface area contributed by atoms with Crippen LogP contribution in [0.2, 0.25) is 0 Å². The fourth-order valence-corrected chi connectivity index (χ4v) is 2.74. The molecule has 1 N–H and O–H groups in total. The summed E-state index contributed by atoms with van der Waals surface area (Å²) >= 11 is 0. The van der Waals surface area contributed by atoms with Crippen LogP contribution in [0, 0.1) is 5.41 Å². The van der Waals surface area contributed by atoms with E-state index in [9.17, 15) is 14.7 Å². The van der Waals surface area contributed by atoms with Gasteiger partial charge in [-0.25, -0.2) is 0 Å². The maximum atomic E-state index is 12.2. The van der Waals surface area contributed by atoms with E-state index in [1.807, 2.05) is 24.3 Å². The van der Waals surface area contributed by atoms with Crippen LogP contribution in [0.25, 0.3) is 0 Å². The second-order valence-corrected chi connectivity index (χ2v) is 6.13. The Labute approximate surface area is 130 Å². The topological polar surface area (TPSA) is 66.8 Å². The molecule has 1 aromatic carbocycles. The SMILES string of the molecule is COc1ccc(CCCC(=O)N2CC[C@](C)(C(=O)O)C2)cc1. The zero-order valence-electron chi connectivity index (χ0n) is 13.2. The second-order valence-electron chi connectivity index (χ2n) is 6.13. The maximum absolute atomic E-state index is 12.2. The van der Waals surface area contributed by atoms with Gasteiger partial charge in [0.05, 0.1) is 12.5 Å². The van der Waals surface area contributed by atoms with Gasteiger partial charge in [-0.15, -0.1) is 0 Å². The molecule has 5 nitrogen and oxygen atoms in total. The van der Waals surface area contributed by atoms with Gasteiger partial charge in [-0.2, -0.15) is 0 Å². The number of methoxy groups -OCH3 is 1. The van der Waals surface area contributed by atoms with Crippen molar-refractivity contribution in [1.29, 1.82) is 0 Å². The number of benzene rings is 1. The summed E-state index contributed by atoms with van der Waals surface area (Å²) in [5.41, 5.74) is 0.386. The third-order valence-electron chi connectivity index (χ3n) is 4.36. The molecule has 2 rings (SSSR count). The molecule has 1 fully saturated rings. The number of ether oxygens (including phenoxy) is 1. The number of carboxylic acids is 1. The largest absolute Gasteiger partial charge is 0.497 e. The van der Waals surface area contributed by atoms with Crippen LogP contribution in [0.3, 0.4) is 0 Å². The Balaban J connectivity index is 1.77. The molecule has 1 amide bonds. The van der Waals surface area contributed by atoms with Crippen LogP contribution >= 0.6 is 0 Å². The molecule has 0 spiro atoms. The van der Waals surface area contributed by atoms with Crippen molar-refractivity contribution in [3.8, 4) is 5.75 Å². The van der Waals surface area contributed by atoms with Crippen molar-refractivity contribution in [2.75, 3.05) is 20.2 Å². The Morgan fingerprint density at radius 1 is 1.32 bits per heavy atom. The van der Waals surface area contributed by atoms with Gasteiger partial charge in [0.1, 0.15) is 5.75 Å². The first-order valence-electron chi connectivity index (χ1n) is 7.59. The second kappa shape index (κ2) is 6.81. The lowest BCUT2D eigenvalue weighted by Gasteiger charge is -2.20. The summed E-state index contributed by atoms with van der Waals surface area (Å²) in [4.78, 5) is 25.0. The van der Waals surface area contributed by atoms with Gasteiger partial charge in [-0.1, -0.05) is 12.1 Å². The molecular weight excluding hydrogens is 282 g/mol. The summed E-state index contributed by atoms with van der Waals surface area (Å²) in [5, 5.41) is 9.19. The smallest absolute Gasteiger partial charge is 0.311 e. The van der Waals surface area contributed by atoms with Crippen molar-refractivity contribution in [2.45, 2.75) is 32.6 Å². The molecule has 1 heterocycles. The standard InChI is InChI=1S/C17H23NO4/c1-17(16(20)21)10-11-18(12-17)15(19)5-3-4-13-6-8-14(22-2)9-7-13/h6-9H,3-5,10-12H2,1-2H3,(H,20,21)/t17-/m0/s1. The third kappa shape index (κ3) is 3.78. The number of nitrogens with zero attached hydrogens (tertiary/aromatic N) is 1. The monoisotopic (exact) mass is 305 g/mol. The normalized spacial score (nSPS) is 20.9. The van der Waals surface area contributed by atoms with Crippen molar-refractivity contribution in [1.82, 2.24) is 4.90 Å². The molecule has 5 heteroatoms. The number of carboxylic acid groups (broad SMARTS) is 1. The van der Waals surface area contributed by atoms with Gasteiger partial charge >= 0.3 is 5.97 Å². The van der Waals surface area contributed by atoms with Crippen LogP contribution in [-0.2, 0) is 16.0 Å². The Morgan fingerprint density at radius 2 is 2.00 bits per heavy atom. The fraction of sp³-hybridized carbons (Fsp3) is 0.529. The van der Waals surface area contributed by atoms with Crippen LogP contribution in [0.1, 0.15) is 31.7 Å². The van der Waals surface area contributed by atoms with Crippen molar-refractivity contribution in [3.63, 3.8) is 0 Å². The first-order chi connectivity index (χ1) is 10.4. The summed E-state index contributed by atoms with van der Waals surface area (Å²) in [7, 11) is 1.63. The highest BCUT2D eigenvalue weighted by Crippen LogP contribution is 2.30. The van der Waals surface area contributed by atoms with Crippen molar-refractivity contribution < 1.29 is 19.4 Å². The van der Waals surface area contributed by atoms with E-state index >= 15 is 0 Å². The van der Waals surface area contributed by atoms with Gasteiger partial charge in [0.15, 0.2) is 0 Å².